The molecule has 1 heterocycles. The Labute approximate surface area is 237 Å². The van der Waals surface area contributed by atoms with Crippen LogP contribution in [0.25, 0.3) is 0 Å². The Morgan fingerprint density at radius 3 is 2.23 bits per heavy atom. The van der Waals surface area contributed by atoms with Gasteiger partial charge in [0.25, 0.3) is 5.91 Å². The third kappa shape index (κ3) is 9.81. The molecule has 1 fully saturated rings. The Morgan fingerprint density at radius 1 is 1.00 bits per heavy atom. The van der Waals surface area contributed by atoms with Gasteiger partial charge in [0.15, 0.2) is 5.78 Å². The predicted molar refractivity (Wildman–Crippen MR) is 147 cm³/mol. The van der Waals surface area contributed by atoms with Crippen LogP contribution in [-0.2, 0) is 26.7 Å². The first kappa shape index (κ1) is 31.5. The van der Waals surface area contributed by atoms with Gasteiger partial charge in [0.2, 0.25) is 0 Å². The van der Waals surface area contributed by atoms with E-state index < -0.39 is 30.8 Å². The minimum Gasteiger partial charge on any atom is -0.411 e. The number of carbonyl (C=O) groups is 2. The van der Waals surface area contributed by atoms with E-state index in [4.69, 9.17) is 32.5 Å². The summed E-state index contributed by atoms with van der Waals surface area (Å²) in [5.41, 5.74) is -0.225. The second kappa shape index (κ2) is 14.5. The van der Waals surface area contributed by atoms with E-state index in [1.54, 1.807) is 0 Å². The molecule has 2 atom stereocenters. The van der Waals surface area contributed by atoms with Crippen LogP contribution in [-0.4, -0.2) is 38.1 Å². The van der Waals surface area contributed by atoms with Gasteiger partial charge in [-0.05, 0) is 73.9 Å². The summed E-state index contributed by atoms with van der Waals surface area (Å²) in [6.07, 6.45) is -0.915. The predicted octanol–water partition coefficient (Wildman–Crippen LogP) is 7.43. The van der Waals surface area contributed by atoms with Gasteiger partial charge in [-0.25, -0.2) is 0 Å². The molecule has 2 aromatic carbocycles. The SMILES string of the molecule is CC(C)C[C@H](CC(=O)[C@H](Cc1ccc(C(F)(F)F)cc1)NC(=O)c1cc(Cl)ccc1Cl)B1OCCCCCO1. The molecule has 3 rings (SSSR count). The molecule has 0 saturated carbocycles. The number of rotatable bonds is 10. The van der Waals surface area contributed by atoms with Crippen molar-refractivity contribution in [3.05, 3.63) is 69.2 Å². The molecule has 0 aromatic heterocycles. The lowest BCUT2D eigenvalue weighted by Gasteiger charge is -2.28. The summed E-state index contributed by atoms with van der Waals surface area (Å²) in [5.74, 6) is -0.876. The van der Waals surface area contributed by atoms with Crippen LogP contribution in [0.15, 0.2) is 42.5 Å². The monoisotopic (exact) mass is 585 g/mol. The van der Waals surface area contributed by atoms with Crippen LogP contribution in [0.5, 0.6) is 0 Å². The summed E-state index contributed by atoms with van der Waals surface area (Å²) >= 11 is 12.2. The molecule has 39 heavy (non-hydrogen) atoms. The molecule has 1 aliphatic rings. The van der Waals surface area contributed by atoms with Crippen molar-refractivity contribution < 1.29 is 32.1 Å². The summed E-state index contributed by atoms with van der Waals surface area (Å²) in [4.78, 5) is 26.9. The van der Waals surface area contributed by atoms with E-state index >= 15 is 0 Å². The van der Waals surface area contributed by atoms with Gasteiger partial charge in [0, 0.05) is 30.5 Å². The summed E-state index contributed by atoms with van der Waals surface area (Å²) in [6.45, 7) is 5.16. The second-order valence-corrected chi connectivity index (χ2v) is 11.1. The number of benzene rings is 2. The molecule has 0 spiro atoms. The zero-order chi connectivity index (χ0) is 28.6. The van der Waals surface area contributed by atoms with Crippen molar-refractivity contribution in [3.63, 3.8) is 0 Å². The Bertz CT molecular complexity index is 1110. The summed E-state index contributed by atoms with van der Waals surface area (Å²) in [5, 5.41) is 3.20. The van der Waals surface area contributed by atoms with Crippen LogP contribution < -0.4 is 5.32 Å². The standard InChI is InChI=1S/C28H33BCl2F3NO4/c1-18(2)14-21(29-38-12-4-3-5-13-39-29)16-26(36)25(15-19-6-8-20(9-7-19)28(32,33)34)35-27(37)23-17-22(30)10-11-24(23)31/h6-11,17-18,21,25H,3-5,12-16H2,1-2H3,(H,35,37)/t21-,25+/m1/s1. The molecule has 0 aliphatic carbocycles. The van der Waals surface area contributed by atoms with Crippen molar-refractivity contribution >= 4 is 42.0 Å². The third-order valence-electron chi connectivity index (χ3n) is 6.56. The number of Topliss-reactive ketones (excluding diaryl/α,β-unsaturated/α-hetero) is 1. The Morgan fingerprint density at radius 2 is 1.64 bits per heavy atom. The Hall–Kier alpha value is -2.07. The summed E-state index contributed by atoms with van der Waals surface area (Å²) in [6, 6.07) is 7.95. The highest BCUT2D eigenvalue weighted by Gasteiger charge is 2.36. The van der Waals surface area contributed by atoms with Crippen molar-refractivity contribution in [2.45, 2.75) is 70.4 Å². The fourth-order valence-electron chi connectivity index (χ4n) is 4.62. The molecule has 0 radical (unpaired) electrons. The van der Waals surface area contributed by atoms with Crippen molar-refractivity contribution in [1.82, 2.24) is 5.32 Å². The van der Waals surface area contributed by atoms with E-state index in [2.05, 4.69) is 5.32 Å². The highest BCUT2D eigenvalue weighted by Crippen LogP contribution is 2.31. The molecule has 11 heteroatoms. The number of hydrogen-bond donors (Lipinski definition) is 1. The molecule has 1 aliphatic heterocycles. The maximum Gasteiger partial charge on any atom is 0.460 e. The van der Waals surface area contributed by atoms with Crippen molar-refractivity contribution in [3.8, 4) is 0 Å². The number of nitrogens with one attached hydrogen (secondary N) is 1. The van der Waals surface area contributed by atoms with Gasteiger partial charge in [-0.1, -0.05) is 49.2 Å². The molecular weight excluding hydrogens is 553 g/mol. The van der Waals surface area contributed by atoms with Gasteiger partial charge in [-0.2, -0.15) is 13.2 Å². The van der Waals surface area contributed by atoms with Gasteiger partial charge >= 0.3 is 13.3 Å². The molecular formula is C28H33BCl2F3NO4. The first-order valence-electron chi connectivity index (χ1n) is 13.1. The Kier molecular flexibility index (Phi) is 11.7. The zero-order valence-electron chi connectivity index (χ0n) is 22.0. The summed E-state index contributed by atoms with van der Waals surface area (Å²) in [7, 11) is -0.554. The van der Waals surface area contributed by atoms with Crippen LogP contribution in [0.2, 0.25) is 15.9 Å². The van der Waals surface area contributed by atoms with E-state index in [0.29, 0.717) is 30.2 Å². The van der Waals surface area contributed by atoms with Crippen LogP contribution >= 0.6 is 23.2 Å². The molecule has 1 saturated heterocycles. The lowest BCUT2D eigenvalue weighted by atomic mass is 9.64. The van der Waals surface area contributed by atoms with E-state index in [-0.39, 0.29) is 40.9 Å². The van der Waals surface area contributed by atoms with Crippen molar-refractivity contribution in [1.29, 1.82) is 0 Å². The largest absolute Gasteiger partial charge is 0.460 e. The first-order chi connectivity index (χ1) is 18.4. The van der Waals surface area contributed by atoms with E-state index in [0.717, 1.165) is 31.4 Å². The Balaban J connectivity index is 1.85. The number of ketones is 1. The molecule has 1 N–H and O–H groups in total. The highest BCUT2D eigenvalue weighted by atomic mass is 35.5. The molecule has 212 valence electrons. The number of carbonyl (C=O) groups excluding carboxylic acids is 2. The van der Waals surface area contributed by atoms with E-state index in [9.17, 15) is 22.8 Å². The van der Waals surface area contributed by atoms with Gasteiger partial charge in [0.1, 0.15) is 0 Å². The molecule has 5 nitrogen and oxygen atoms in total. The fourth-order valence-corrected chi connectivity index (χ4v) is 4.99. The number of halogens is 5. The third-order valence-corrected chi connectivity index (χ3v) is 7.13. The number of hydrogen-bond acceptors (Lipinski definition) is 4. The van der Waals surface area contributed by atoms with Gasteiger partial charge in [0.05, 0.1) is 22.2 Å². The number of alkyl halides is 3. The zero-order valence-corrected chi connectivity index (χ0v) is 23.5. The normalized spacial score (nSPS) is 16.4. The van der Waals surface area contributed by atoms with Gasteiger partial charge in [-0.3, -0.25) is 9.59 Å². The van der Waals surface area contributed by atoms with Gasteiger partial charge < -0.3 is 14.6 Å². The minimum absolute atomic E-state index is 0.00166. The summed E-state index contributed by atoms with van der Waals surface area (Å²) < 4.78 is 51.1. The van der Waals surface area contributed by atoms with E-state index in [1.807, 2.05) is 13.8 Å². The maximum absolute atomic E-state index is 13.7. The lowest BCUT2D eigenvalue weighted by Crippen LogP contribution is -2.44. The maximum atomic E-state index is 13.7. The van der Waals surface area contributed by atoms with Crippen LogP contribution in [0.4, 0.5) is 13.2 Å². The van der Waals surface area contributed by atoms with Crippen LogP contribution in [0.1, 0.15) is 67.4 Å². The van der Waals surface area contributed by atoms with Gasteiger partial charge in [-0.15, -0.1) is 0 Å². The fraction of sp³-hybridized carbons (Fsp3) is 0.500. The van der Waals surface area contributed by atoms with Crippen molar-refractivity contribution in [2.24, 2.45) is 5.92 Å². The van der Waals surface area contributed by atoms with E-state index in [1.165, 1.54) is 30.3 Å². The molecule has 0 unspecified atom stereocenters. The molecule has 1 amide bonds. The average Bonchev–Trinajstić information content (AvgIpc) is 2.84. The smallest absolute Gasteiger partial charge is 0.411 e. The minimum atomic E-state index is -4.48. The van der Waals surface area contributed by atoms with Crippen LogP contribution in [0.3, 0.4) is 0 Å². The molecule has 0 bridgehead atoms. The second-order valence-electron chi connectivity index (χ2n) is 10.3. The topological polar surface area (TPSA) is 64.6 Å². The van der Waals surface area contributed by atoms with Crippen LogP contribution in [0, 0.1) is 5.92 Å². The number of amides is 1. The lowest BCUT2D eigenvalue weighted by molar-refractivity contribution is -0.137. The average molecular weight is 586 g/mol. The van der Waals surface area contributed by atoms with Crippen molar-refractivity contribution in [2.75, 3.05) is 13.2 Å². The quantitative estimate of drug-likeness (QED) is 0.294. The first-order valence-corrected chi connectivity index (χ1v) is 13.9. The highest BCUT2D eigenvalue weighted by molar-refractivity contribution is 6.47. The molecule has 2 aromatic rings.